The van der Waals surface area contributed by atoms with Gasteiger partial charge in [-0.2, -0.15) is 9.90 Å². The highest BCUT2D eigenvalue weighted by molar-refractivity contribution is 6.07. The van der Waals surface area contributed by atoms with Gasteiger partial charge in [0.25, 0.3) is 11.8 Å². The minimum absolute atomic E-state index is 0.0728. The van der Waals surface area contributed by atoms with Gasteiger partial charge in [0.1, 0.15) is 5.82 Å². The summed E-state index contributed by atoms with van der Waals surface area (Å²) < 4.78 is 1.60. The number of aryl methyl sites for hydroxylation is 1. The smallest absolute Gasteiger partial charge is 0.322 e. The van der Waals surface area contributed by atoms with Crippen molar-refractivity contribution in [2.45, 2.75) is 5.54 Å². The zero-order valence-corrected chi connectivity index (χ0v) is 14.8. The highest BCUT2D eigenvalue weighted by Crippen LogP contribution is 2.22. The van der Waals surface area contributed by atoms with Gasteiger partial charge in [0.15, 0.2) is 11.2 Å². The number of nitrogens with one attached hydrogen (secondary N) is 3. The number of amides is 4. The van der Waals surface area contributed by atoms with Gasteiger partial charge in [0.05, 0.1) is 18.4 Å². The Hall–Kier alpha value is -4.02. The molecule has 11 nitrogen and oxygen atoms in total. The van der Waals surface area contributed by atoms with E-state index in [1.807, 2.05) is 18.2 Å². The lowest BCUT2D eigenvalue weighted by Crippen LogP contribution is -2.54. The molecule has 1 aliphatic heterocycles. The number of benzene rings is 1. The maximum absolute atomic E-state index is 12.5. The molecule has 3 aromatic rings. The van der Waals surface area contributed by atoms with Crippen LogP contribution in [0.1, 0.15) is 16.3 Å². The number of rotatable bonds is 5. The largest absolute Gasteiger partial charge is 0.347 e. The fourth-order valence-corrected chi connectivity index (χ4v) is 2.99. The fourth-order valence-electron chi connectivity index (χ4n) is 2.99. The molecule has 142 valence electrons. The number of carbonyl (C=O) groups is 3. The van der Waals surface area contributed by atoms with Gasteiger partial charge in [-0.15, -0.1) is 5.10 Å². The first kappa shape index (κ1) is 17.4. The van der Waals surface area contributed by atoms with Gasteiger partial charge in [0, 0.05) is 19.4 Å². The molecule has 2 aromatic heterocycles. The summed E-state index contributed by atoms with van der Waals surface area (Å²) in [6.07, 6.45) is 4.47. The summed E-state index contributed by atoms with van der Waals surface area (Å²) in [5.41, 5.74) is -0.738. The molecule has 11 heteroatoms. The lowest BCUT2D eigenvalue weighted by molar-refractivity contribution is -0.124. The summed E-state index contributed by atoms with van der Waals surface area (Å²) in [6.45, 7) is -0.202. The Balaban J connectivity index is 1.55. The summed E-state index contributed by atoms with van der Waals surface area (Å²) in [5, 5.41) is 15.6. The predicted molar refractivity (Wildman–Crippen MR) is 95.3 cm³/mol. The van der Waals surface area contributed by atoms with E-state index in [1.54, 1.807) is 29.9 Å². The van der Waals surface area contributed by atoms with Crippen LogP contribution in [0.3, 0.4) is 0 Å². The average Bonchev–Trinajstić information content (AvgIpc) is 3.40. The third kappa shape index (κ3) is 2.88. The zero-order valence-electron chi connectivity index (χ0n) is 14.8. The Morgan fingerprint density at radius 3 is 2.68 bits per heavy atom. The van der Waals surface area contributed by atoms with E-state index in [9.17, 15) is 14.4 Å². The topological polar surface area (TPSA) is 136 Å². The number of nitrogens with zero attached hydrogens (tertiary/aromatic N) is 5. The number of imidazole rings is 1. The van der Waals surface area contributed by atoms with Crippen molar-refractivity contribution in [1.82, 2.24) is 40.5 Å². The summed E-state index contributed by atoms with van der Waals surface area (Å²) in [7, 11) is 1.69. The van der Waals surface area contributed by atoms with Crippen LogP contribution in [0.5, 0.6) is 0 Å². The Bertz CT molecular complexity index is 1060. The van der Waals surface area contributed by atoms with Crippen LogP contribution in [0.4, 0.5) is 4.79 Å². The van der Waals surface area contributed by atoms with E-state index >= 15 is 0 Å². The molecule has 4 amide bonds. The van der Waals surface area contributed by atoms with Crippen molar-refractivity contribution in [2.75, 3.05) is 6.54 Å². The quantitative estimate of drug-likeness (QED) is 0.509. The standard InChI is InChI=1S/C17H16N8O3/c1-24-8-7-18-14(24)17(15(27)21-16(28)22-17)10-19-13(26)12-9-20-25(23-12)11-5-3-2-4-6-11/h2-9H,10H2,1H3,(H,19,26)(H2,21,22,27,28)/t17-/m1/s1. The van der Waals surface area contributed by atoms with Crippen LogP contribution in [0.2, 0.25) is 0 Å². The summed E-state index contributed by atoms with van der Waals surface area (Å²) >= 11 is 0. The maximum atomic E-state index is 12.5. The monoisotopic (exact) mass is 380 g/mol. The second-order valence-electron chi connectivity index (χ2n) is 6.21. The molecule has 0 radical (unpaired) electrons. The first-order valence-electron chi connectivity index (χ1n) is 8.37. The number of aromatic nitrogens is 5. The minimum atomic E-state index is -1.51. The van der Waals surface area contributed by atoms with Crippen molar-refractivity contribution < 1.29 is 14.4 Å². The van der Waals surface area contributed by atoms with Gasteiger partial charge in [0.2, 0.25) is 0 Å². The Morgan fingerprint density at radius 2 is 2.04 bits per heavy atom. The third-order valence-electron chi connectivity index (χ3n) is 4.37. The van der Waals surface area contributed by atoms with Gasteiger partial charge in [-0.25, -0.2) is 9.78 Å². The average molecular weight is 380 g/mol. The first-order chi connectivity index (χ1) is 13.5. The number of carbonyl (C=O) groups excluding carboxylic acids is 3. The van der Waals surface area contributed by atoms with Gasteiger partial charge in [-0.1, -0.05) is 18.2 Å². The van der Waals surface area contributed by atoms with Crippen molar-refractivity contribution in [3.63, 3.8) is 0 Å². The predicted octanol–water partition coefficient (Wildman–Crippen LogP) is -0.535. The van der Waals surface area contributed by atoms with E-state index in [-0.39, 0.29) is 12.2 Å². The Labute approximate surface area is 158 Å². The number of imide groups is 1. The number of hydrogen-bond donors (Lipinski definition) is 3. The number of hydrogen-bond acceptors (Lipinski definition) is 6. The molecule has 3 N–H and O–H groups in total. The summed E-state index contributed by atoms with van der Waals surface area (Å²) in [5.74, 6) is -0.839. The van der Waals surface area contributed by atoms with E-state index in [2.05, 4.69) is 31.1 Å². The van der Waals surface area contributed by atoms with E-state index in [0.717, 1.165) is 0 Å². The van der Waals surface area contributed by atoms with Crippen molar-refractivity contribution in [3.8, 4) is 5.69 Å². The lowest BCUT2D eigenvalue weighted by atomic mass is 9.98. The molecule has 1 fully saturated rings. The maximum Gasteiger partial charge on any atom is 0.322 e. The molecule has 0 bridgehead atoms. The molecule has 1 aliphatic rings. The molecule has 3 heterocycles. The molecule has 0 unspecified atom stereocenters. The van der Waals surface area contributed by atoms with Crippen molar-refractivity contribution >= 4 is 17.8 Å². The highest BCUT2D eigenvalue weighted by Gasteiger charge is 2.50. The fraction of sp³-hybridized carbons (Fsp3) is 0.176. The Morgan fingerprint density at radius 1 is 1.25 bits per heavy atom. The highest BCUT2D eigenvalue weighted by atomic mass is 16.2. The van der Waals surface area contributed by atoms with Crippen LogP contribution in [-0.4, -0.2) is 48.9 Å². The molecular weight excluding hydrogens is 364 g/mol. The van der Waals surface area contributed by atoms with Crippen LogP contribution in [-0.2, 0) is 17.4 Å². The molecule has 1 saturated heterocycles. The van der Waals surface area contributed by atoms with Crippen molar-refractivity contribution in [2.24, 2.45) is 7.05 Å². The Kier molecular flexibility index (Phi) is 4.11. The van der Waals surface area contributed by atoms with E-state index < -0.39 is 23.4 Å². The van der Waals surface area contributed by atoms with Gasteiger partial charge >= 0.3 is 6.03 Å². The van der Waals surface area contributed by atoms with Crippen LogP contribution < -0.4 is 16.0 Å². The van der Waals surface area contributed by atoms with E-state index in [0.29, 0.717) is 11.5 Å². The molecule has 0 aliphatic carbocycles. The molecule has 0 saturated carbocycles. The third-order valence-corrected chi connectivity index (χ3v) is 4.37. The molecular formula is C17H16N8O3. The van der Waals surface area contributed by atoms with Gasteiger partial charge in [-0.05, 0) is 12.1 Å². The molecule has 0 spiro atoms. The lowest BCUT2D eigenvalue weighted by Gasteiger charge is -2.25. The molecule has 1 atom stereocenters. The molecule has 28 heavy (non-hydrogen) atoms. The van der Waals surface area contributed by atoms with Gasteiger partial charge in [-0.3, -0.25) is 14.9 Å². The molecule has 1 aromatic carbocycles. The van der Waals surface area contributed by atoms with Crippen molar-refractivity contribution in [3.05, 3.63) is 60.4 Å². The summed E-state index contributed by atoms with van der Waals surface area (Å²) in [4.78, 5) is 42.2. The SMILES string of the molecule is Cn1ccnc1[C@@]1(CNC(=O)c2cnn(-c3ccccc3)n2)NC(=O)NC1=O. The van der Waals surface area contributed by atoms with Crippen LogP contribution in [0.15, 0.2) is 48.9 Å². The van der Waals surface area contributed by atoms with Crippen molar-refractivity contribution in [1.29, 1.82) is 0 Å². The normalized spacial score (nSPS) is 18.6. The number of para-hydroxylation sites is 1. The molecule has 4 rings (SSSR count). The first-order valence-corrected chi connectivity index (χ1v) is 8.37. The van der Waals surface area contributed by atoms with Crippen LogP contribution >= 0.6 is 0 Å². The second kappa shape index (κ2) is 6.61. The second-order valence-corrected chi connectivity index (χ2v) is 6.21. The van der Waals surface area contributed by atoms with E-state index in [1.165, 1.54) is 17.2 Å². The van der Waals surface area contributed by atoms with Crippen LogP contribution in [0, 0.1) is 0 Å². The van der Waals surface area contributed by atoms with Gasteiger partial charge < -0.3 is 15.2 Å². The minimum Gasteiger partial charge on any atom is -0.347 e. The van der Waals surface area contributed by atoms with E-state index in [4.69, 9.17) is 0 Å². The zero-order chi connectivity index (χ0) is 19.7. The van der Waals surface area contributed by atoms with Crippen LogP contribution in [0.25, 0.3) is 5.69 Å². The number of urea groups is 1. The summed E-state index contributed by atoms with van der Waals surface area (Å²) in [6, 6.07) is 8.47.